The maximum Gasteiger partial charge on any atom is 0.266 e. The van der Waals surface area contributed by atoms with Gasteiger partial charge in [-0.05, 0) is 60.9 Å². The fourth-order valence-electron chi connectivity index (χ4n) is 3.53. The minimum Gasteiger partial charge on any atom is -0.351 e. The molecule has 5 nitrogen and oxygen atoms in total. The average Bonchev–Trinajstić information content (AvgIpc) is 2.76. The molecule has 162 valence electrons. The highest BCUT2D eigenvalue weighted by Gasteiger charge is 2.15. The summed E-state index contributed by atoms with van der Waals surface area (Å²) in [5.41, 5.74) is 4.15. The van der Waals surface area contributed by atoms with Crippen molar-refractivity contribution in [1.29, 1.82) is 0 Å². The zero-order valence-corrected chi connectivity index (χ0v) is 19.3. The van der Waals surface area contributed by atoms with Gasteiger partial charge >= 0.3 is 0 Å². The number of thioether (sulfide) groups is 1. The number of fused-ring (bicyclic) bond motifs is 1. The molecule has 1 N–H and O–H groups in total. The molecular weight excluding hydrogens is 442 g/mol. The summed E-state index contributed by atoms with van der Waals surface area (Å²) < 4.78 is 1.59. The minimum atomic E-state index is -0.163. The van der Waals surface area contributed by atoms with Gasteiger partial charge in [0.15, 0.2) is 5.16 Å². The van der Waals surface area contributed by atoms with E-state index in [1.54, 1.807) is 16.7 Å². The van der Waals surface area contributed by atoms with Crippen LogP contribution in [0.4, 0.5) is 0 Å². The van der Waals surface area contributed by atoms with Crippen molar-refractivity contribution in [2.75, 3.05) is 5.75 Å². The highest BCUT2D eigenvalue weighted by molar-refractivity contribution is 7.99. The maximum atomic E-state index is 13.4. The molecule has 0 aliphatic heterocycles. The molecule has 1 heterocycles. The molecule has 3 aromatic carbocycles. The molecule has 0 atom stereocenters. The zero-order chi connectivity index (χ0) is 22.7. The van der Waals surface area contributed by atoms with Crippen LogP contribution in [0.3, 0.4) is 0 Å². The van der Waals surface area contributed by atoms with E-state index < -0.39 is 0 Å². The summed E-state index contributed by atoms with van der Waals surface area (Å²) in [5.74, 6) is -0.0377. The lowest BCUT2D eigenvalue weighted by Gasteiger charge is -2.14. The van der Waals surface area contributed by atoms with Crippen molar-refractivity contribution < 1.29 is 4.79 Å². The van der Waals surface area contributed by atoms with Crippen molar-refractivity contribution in [3.05, 3.63) is 98.8 Å². The summed E-state index contributed by atoms with van der Waals surface area (Å²) in [4.78, 5) is 30.6. The first-order valence-electron chi connectivity index (χ1n) is 10.2. The van der Waals surface area contributed by atoms with Gasteiger partial charge in [-0.2, -0.15) is 0 Å². The highest BCUT2D eigenvalue weighted by atomic mass is 35.5. The van der Waals surface area contributed by atoms with E-state index in [0.29, 0.717) is 27.6 Å². The van der Waals surface area contributed by atoms with Crippen LogP contribution in [0.25, 0.3) is 16.6 Å². The largest absolute Gasteiger partial charge is 0.351 e. The average molecular weight is 464 g/mol. The van der Waals surface area contributed by atoms with Crippen LogP contribution in [0.5, 0.6) is 0 Å². The SMILES string of the molecule is Cc1cc(C)cc(-n2c(SCC(=O)NCc3ccccc3Cl)nc3ccccc3c2=O)c1. The molecule has 4 aromatic rings. The predicted molar refractivity (Wildman–Crippen MR) is 131 cm³/mol. The summed E-state index contributed by atoms with van der Waals surface area (Å²) >= 11 is 7.40. The van der Waals surface area contributed by atoms with Crippen LogP contribution in [0.15, 0.2) is 76.7 Å². The van der Waals surface area contributed by atoms with Gasteiger partial charge < -0.3 is 5.32 Å². The van der Waals surface area contributed by atoms with Gasteiger partial charge in [0.2, 0.25) is 5.91 Å². The number of carbonyl (C=O) groups excluding carboxylic acids is 1. The second kappa shape index (κ2) is 9.59. The number of para-hydroxylation sites is 1. The lowest BCUT2D eigenvalue weighted by atomic mass is 10.1. The molecule has 1 amide bonds. The molecule has 0 aliphatic carbocycles. The van der Waals surface area contributed by atoms with Crippen LogP contribution in [0, 0.1) is 13.8 Å². The van der Waals surface area contributed by atoms with Gasteiger partial charge in [-0.25, -0.2) is 4.98 Å². The van der Waals surface area contributed by atoms with E-state index in [2.05, 4.69) is 11.4 Å². The first-order valence-corrected chi connectivity index (χ1v) is 11.5. The molecule has 7 heteroatoms. The third-order valence-electron chi connectivity index (χ3n) is 4.98. The summed E-state index contributed by atoms with van der Waals surface area (Å²) in [7, 11) is 0. The Balaban J connectivity index is 1.63. The Morgan fingerprint density at radius 2 is 1.72 bits per heavy atom. The first-order chi connectivity index (χ1) is 15.4. The topological polar surface area (TPSA) is 64.0 Å². The second-order valence-electron chi connectivity index (χ2n) is 7.55. The van der Waals surface area contributed by atoms with E-state index in [4.69, 9.17) is 16.6 Å². The Morgan fingerprint density at radius 1 is 1.03 bits per heavy atom. The van der Waals surface area contributed by atoms with Crippen LogP contribution in [0.1, 0.15) is 16.7 Å². The number of nitrogens with one attached hydrogen (secondary N) is 1. The number of carbonyl (C=O) groups is 1. The smallest absolute Gasteiger partial charge is 0.266 e. The highest BCUT2D eigenvalue weighted by Crippen LogP contribution is 2.23. The van der Waals surface area contributed by atoms with E-state index in [-0.39, 0.29) is 17.2 Å². The van der Waals surface area contributed by atoms with Crippen molar-refractivity contribution in [2.24, 2.45) is 0 Å². The van der Waals surface area contributed by atoms with Crippen molar-refractivity contribution in [3.63, 3.8) is 0 Å². The Morgan fingerprint density at radius 3 is 2.47 bits per heavy atom. The Bertz CT molecular complexity index is 1350. The number of amides is 1. The molecule has 0 bridgehead atoms. The van der Waals surface area contributed by atoms with Crippen LogP contribution in [-0.4, -0.2) is 21.2 Å². The molecule has 0 radical (unpaired) electrons. The van der Waals surface area contributed by atoms with Crippen molar-refractivity contribution >= 4 is 40.2 Å². The van der Waals surface area contributed by atoms with Gasteiger partial charge in [-0.15, -0.1) is 0 Å². The van der Waals surface area contributed by atoms with Crippen LogP contribution >= 0.6 is 23.4 Å². The Labute approximate surface area is 195 Å². The number of aryl methyl sites for hydroxylation is 2. The molecule has 32 heavy (non-hydrogen) atoms. The molecule has 0 unspecified atom stereocenters. The molecule has 0 saturated carbocycles. The number of hydrogen-bond acceptors (Lipinski definition) is 4. The van der Waals surface area contributed by atoms with Gasteiger partial charge in [0, 0.05) is 11.6 Å². The van der Waals surface area contributed by atoms with E-state index in [1.165, 1.54) is 11.8 Å². The van der Waals surface area contributed by atoms with Crippen molar-refractivity contribution in [3.8, 4) is 5.69 Å². The van der Waals surface area contributed by atoms with Crippen LogP contribution in [0.2, 0.25) is 5.02 Å². The van der Waals surface area contributed by atoms with Gasteiger partial charge in [0.05, 0.1) is 22.3 Å². The van der Waals surface area contributed by atoms with Crippen molar-refractivity contribution in [1.82, 2.24) is 14.9 Å². The maximum absolute atomic E-state index is 13.4. The normalized spacial score (nSPS) is 11.0. The molecule has 0 aliphatic rings. The van der Waals surface area contributed by atoms with E-state index in [1.807, 2.05) is 62.4 Å². The Kier molecular flexibility index (Phi) is 6.63. The standard InChI is InChI=1S/C25H22ClN3O2S/c1-16-11-17(2)13-19(12-16)29-24(31)20-8-4-6-10-22(20)28-25(29)32-15-23(30)27-14-18-7-3-5-9-21(18)26/h3-13H,14-15H2,1-2H3,(H,27,30). The molecular formula is C25H22ClN3O2S. The van der Waals surface area contributed by atoms with Crippen LogP contribution in [-0.2, 0) is 11.3 Å². The predicted octanol–water partition coefficient (Wildman–Crippen LogP) is 5.06. The number of aromatic nitrogens is 2. The molecule has 0 fully saturated rings. The number of rotatable bonds is 6. The molecule has 1 aromatic heterocycles. The quantitative estimate of drug-likeness (QED) is 0.320. The fraction of sp³-hybridized carbons (Fsp3) is 0.160. The number of nitrogens with zero attached hydrogens (tertiary/aromatic N) is 2. The number of hydrogen-bond donors (Lipinski definition) is 1. The second-order valence-corrected chi connectivity index (χ2v) is 8.90. The summed E-state index contributed by atoms with van der Waals surface area (Å²) in [6, 6.07) is 20.6. The van der Waals surface area contributed by atoms with Gasteiger partial charge in [0.25, 0.3) is 5.56 Å². The van der Waals surface area contributed by atoms with Gasteiger partial charge in [-0.3, -0.25) is 14.2 Å². The number of benzene rings is 3. The van der Waals surface area contributed by atoms with Crippen molar-refractivity contribution in [2.45, 2.75) is 25.5 Å². The molecule has 4 rings (SSSR count). The number of halogens is 1. The summed E-state index contributed by atoms with van der Waals surface area (Å²) in [6.45, 7) is 4.32. The minimum absolute atomic E-state index is 0.125. The van der Waals surface area contributed by atoms with E-state index >= 15 is 0 Å². The van der Waals surface area contributed by atoms with Gasteiger partial charge in [-0.1, -0.05) is 59.8 Å². The third-order valence-corrected chi connectivity index (χ3v) is 6.28. The Hall–Kier alpha value is -3.09. The van der Waals surface area contributed by atoms with E-state index in [0.717, 1.165) is 22.4 Å². The molecule has 0 saturated heterocycles. The molecule has 0 spiro atoms. The van der Waals surface area contributed by atoms with Crippen LogP contribution < -0.4 is 10.9 Å². The van der Waals surface area contributed by atoms with Gasteiger partial charge in [0.1, 0.15) is 0 Å². The lowest BCUT2D eigenvalue weighted by molar-refractivity contribution is -0.118. The fourth-order valence-corrected chi connectivity index (χ4v) is 4.58. The third kappa shape index (κ3) is 4.87. The summed E-state index contributed by atoms with van der Waals surface area (Å²) in [5, 5.41) is 4.51. The monoisotopic (exact) mass is 463 g/mol. The zero-order valence-electron chi connectivity index (χ0n) is 17.8. The first kappa shape index (κ1) is 22.1. The van der Waals surface area contributed by atoms with E-state index in [9.17, 15) is 9.59 Å². The lowest BCUT2D eigenvalue weighted by Crippen LogP contribution is -2.26. The summed E-state index contributed by atoms with van der Waals surface area (Å²) in [6.07, 6.45) is 0.